The van der Waals surface area contributed by atoms with E-state index >= 15 is 0 Å². The molecule has 88 valence electrons. The summed E-state index contributed by atoms with van der Waals surface area (Å²) in [5.41, 5.74) is 1.02. The molecule has 2 rings (SSSR count). The van der Waals surface area contributed by atoms with Crippen molar-refractivity contribution in [3.63, 3.8) is 0 Å². The topological polar surface area (TPSA) is 52.3 Å². The average Bonchev–Trinajstić information content (AvgIpc) is 2.76. The first kappa shape index (κ1) is 11.4. The average molecular weight is 231 g/mol. The van der Waals surface area contributed by atoms with Crippen LogP contribution < -0.4 is 4.74 Å². The summed E-state index contributed by atoms with van der Waals surface area (Å²) in [4.78, 5) is 16.0. The number of rotatable bonds is 4. The van der Waals surface area contributed by atoms with Crippen molar-refractivity contribution in [1.29, 1.82) is 0 Å². The van der Waals surface area contributed by atoms with Crippen molar-refractivity contribution < 1.29 is 13.9 Å². The van der Waals surface area contributed by atoms with Crippen molar-refractivity contribution in [1.82, 2.24) is 4.98 Å². The molecule has 4 nitrogen and oxygen atoms in total. The lowest BCUT2D eigenvalue weighted by molar-refractivity contribution is 0.103. The van der Waals surface area contributed by atoms with E-state index in [1.807, 2.05) is 6.92 Å². The van der Waals surface area contributed by atoms with E-state index in [2.05, 4.69) is 4.98 Å². The molecule has 0 fully saturated rings. The summed E-state index contributed by atoms with van der Waals surface area (Å²) in [6, 6.07) is 3.39. The van der Waals surface area contributed by atoms with Gasteiger partial charge in [-0.3, -0.25) is 9.78 Å². The van der Waals surface area contributed by atoms with E-state index in [1.165, 1.54) is 12.5 Å². The number of carbonyl (C=O) groups excluding carboxylic acids is 1. The second kappa shape index (κ2) is 4.82. The summed E-state index contributed by atoms with van der Waals surface area (Å²) in [6.45, 7) is 4.23. The van der Waals surface area contributed by atoms with E-state index in [0.717, 1.165) is 0 Å². The molecule has 0 aliphatic carbocycles. The fraction of sp³-hybridized carbons (Fsp3) is 0.231. The zero-order valence-corrected chi connectivity index (χ0v) is 9.77. The summed E-state index contributed by atoms with van der Waals surface area (Å²) < 4.78 is 10.4. The van der Waals surface area contributed by atoms with Crippen molar-refractivity contribution in [3.8, 4) is 5.75 Å². The van der Waals surface area contributed by atoms with Gasteiger partial charge in [-0.2, -0.15) is 0 Å². The maximum absolute atomic E-state index is 12.1. The van der Waals surface area contributed by atoms with Crippen LogP contribution in [0.2, 0.25) is 0 Å². The zero-order valence-electron chi connectivity index (χ0n) is 9.77. The number of aryl methyl sites for hydroxylation is 1. The summed E-state index contributed by atoms with van der Waals surface area (Å²) >= 11 is 0. The Morgan fingerprint density at radius 3 is 2.82 bits per heavy atom. The lowest BCUT2D eigenvalue weighted by atomic mass is 10.1. The quantitative estimate of drug-likeness (QED) is 0.759. The first-order chi connectivity index (χ1) is 8.20. The molecule has 2 aromatic heterocycles. The molecule has 0 N–H and O–H groups in total. The molecule has 0 bridgehead atoms. The van der Waals surface area contributed by atoms with Gasteiger partial charge in [0.05, 0.1) is 18.4 Å². The third-order valence-electron chi connectivity index (χ3n) is 2.28. The van der Waals surface area contributed by atoms with Crippen LogP contribution in [-0.2, 0) is 0 Å². The maximum atomic E-state index is 12.1. The lowest BCUT2D eigenvalue weighted by Gasteiger charge is -2.03. The highest BCUT2D eigenvalue weighted by atomic mass is 16.5. The minimum absolute atomic E-state index is 0.115. The van der Waals surface area contributed by atoms with Crippen LogP contribution in [0.4, 0.5) is 0 Å². The predicted molar refractivity (Wildman–Crippen MR) is 62.3 cm³/mol. The fourth-order valence-corrected chi connectivity index (χ4v) is 1.52. The monoisotopic (exact) mass is 231 g/mol. The Kier molecular flexibility index (Phi) is 3.23. The molecule has 0 aromatic carbocycles. The standard InChI is InChI=1S/C13H13NO3/c1-3-16-12-5-10(6-14-7-12)13(15)11-4-9(2)17-8-11/h4-8H,3H2,1-2H3. The largest absolute Gasteiger partial charge is 0.492 e. The molecule has 0 saturated carbocycles. The Morgan fingerprint density at radius 2 is 2.18 bits per heavy atom. The molecule has 0 radical (unpaired) electrons. The molecule has 0 aliphatic rings. The van der Waals surface area contributed by atoms with Gasteiger partial charge in [0.2, 0.25) is 0 Å². The van der Waals surface area contributed by atoms with Gasteiger partial charge in [-0.05, 0) is 26.0 Å². The van der Waals surface area contributed by atoms with Crippen LogP contribution in [0.1, 0.15) is 28.6 Å². The van der Waals surface area contributed by atoms with Gasteiger partial charge in [-0.15, -0.1) is 0 Å². The minimum Gasteiger partial charge on any atom is -0.492 e. The summed E-state index contributed by atoms with van der Waals surface area (Å²) in [5, 5.41) is 0. The fourth-order valence-electron chi connectivity index (χ4n) is 1.52. The van der Waals surface area contributed by atoms with Crippen LogP contribution in [-0.4, -0.2) is 17.4 Å². The van der Waals surface area contributed by atoms with Crippen LogP contribution in [0, 0.1) is 6.92 Å². The number of pyridine rings is 1. The number of aromatic nitrogens is 1. The second-order valence-corrected chi connectivity index (χ2v) is 3.62. The number of hydrogen-bond acceptors (Lipinski definition) is 4. The van der Waals surface area contributed by atoms with E-state index in [9.17, 15) is 4.79 Å². The Hall–Kier alpha value is -2.10. The number of hydrogen-bond donors (Lipinski definition) is 0. The Morgan fingerprint density at radius 1 is 1.35 bits per heavy atom. The second-order valence-electron chi connectivity index (χ2n) is 3.62. The van der Waals surface area contributed by atoms with E-state index in [0.29, 0.717) is 29.2 Å². The first-order valence-corrected chi connectivity index (χ1v) is 5.38. The van der Waals surface area contributed by atoms with Crippen molar-refractivity contribution in [2.75, 3.05) is 6.61 Å². The van der Waals surface area contributed by atoms with E-state index < -0.39 is 0 Å². The number of ketones is 1. The SMILES string of the molecule is CCOc1cncc(C(=O)c2coc(C)c2)c1. The predicted octanol–water partition coefficient (Wildman–Crippen LogP) is 2.61. The molecule has 17 heavy (non-hydrogen) atoms. The molecule has 2 heterocycles. The van der Waals surface area contributed by atoms with E-state index in [-0.39, 0.29) is 5.78 Å². The van der Waals surface area contributed by atoms with Gasteiger partial charge in [-0.25, -0.2) is 0 Å². The Balaban J connectivity index is 2.27. The van der Waals surface area contributed by atoms with Gasteiger partial charge in [0.15, 0.2) is 5.78 Å². The van der Waals surface area contributed by atoms with Gasteiger partial charge in [0, 0.05) is 11.8 Å². The highest BCUT2D eigenvalue weighted by molar-refractivity contribution is 6.08. The number of nitrogens with zero attached hydrogens (tertiary/aromatic N) is 1. The van der Waals surface area contributed by atoms with Crippen molar-refractivity contribution >= 4 is 5.78 Å². The summed E-state index contributed by atoms with van der Waals surface area (Å²) in [5.74, 6) is 1.19. The van der Waals surface area contributed by atoms with Crippen LogP contribution >= 0.6 is 0 Å². The zero-order chi connectivity index (χ0) is 12.3. The van der Waals surface area contributed by atoms with Gasteiger partial charge in [-0.1, -0.05) is 0 Å². The smallest absolute Gasteiger partial charge is 0.197 e. The third kappa shape index (κ3) is 2.53. The van der Waals surface area contributed by atoms with Crippen LogP contribution in [0.15, 0.2) is 35.2 Å². The molecule has 0 amide bonds. The number of carbonyl (C=O) groups is 1. The van der Waals surface area contributed by atoms with Crippen LogP contribution in [0.3, 0.4) is 0 Å². The Labute approximate surface area is 99.2 Å². The number of ether oxygens (including phenoxy) is 1. The lowest BCUT2D eigenvalue weighted by Crippen LogP contribution is -2.01. The van der Waals surface area contributed by atoms with Crippen molar-refractivity contribution in [3.05, 3.63) is 47.7 Å². The first-order valence-electron chi connectivity index (χ1n) is 5.38. The van der Waals surface area contributed by atoms with Gasteiger partial charge < -0.3 is 9.15 Å². The molecule has 0 atom stereocenters. The highest BCUT2D eigenvalue weighted by Crippen LogP contribution is 2.16. The normalized spacial score (nSPS) is 10.2. The molecular weight excluding hydrogens is 218 g/mol. The van der Waals surface area contributed by atoms with Crippen LogP contribution in [0.25, 0.3) is 0 Å². The third-order valence-corrected chi connectivity index (χ3v) is 2.28. The molecular formula is C13H13NO3. The molecule has 2 aromatic rings. The number of furan rings is 1. The van der Waals surface area contributed by atoms with Crippen LogP contribution in [0.5, 0.6) is 5.75 Å². The highest BCUT2D eigenvalue weighted by Gasteiger charge is 2.12. The van der Waals surface area contributed by atoms with Crippen molar-refractivity contribution in [2.45, 2.75) is 13.8 Å². The molecule has 0 aliphatic heterocycles. The molecule has 0 spiro atoms. The van der Waals surface area contributed by atoms with Gasteiger partial charge in [0.25, 0.3) is 0 Å². The van der Waals surface area contributed by atoms with Gasteiger partial charge in [0.1, 0.15) is 17.8 Å². The van der Waals surface area contributed by atoms with E-state index in [1.54, 1.807) is 25.3 Å². The summed E-state index contributed by atoms with van der Waals surface area (Å²) in [6.07, 6.45) is 4.55. The minimum atomic E-state index is -0.115. The van der Waals surface area contributed by atoms with Gasteiger partial charge >= 0.3 is 0 Å². The van der Waals surface area contributed by atoms with E-state index in [4.69, 9.17) is 9.15 Å². The molecule has 4 heteroatoms. The summed E-state index contributed by atoms with van der Waals surface area (Å²) in [7, 11) is 0. The Bertz CT molecular complexity index is 531. The maximum Gasteiger partial charge on any atom is 0.197 e. The van der Waals surface area contributed by atoms with Crippen molar-refractivity contribution in [2.24, 2.45) is 0 Å². The molecule has 0 unspecified atom stereocenters. The molecule has 0 saturated heterocycles.